The van der Waals surface area contributed by atoms with Crippen LogP contribution in [0.1, 0.15) is 16.1 Å². The van der Waals surface area contributed by atoms with Gasteiger partial charge in [-0.2, -0.15) is 0 Å². The van der Waals surface area contributed by atoms with Crippen molar-refractivity contribution in [2.75, 3.05) is 0 Å². The molecular weight excluding hydrogens is 285 g/mol. The Kier molecular flexibility index (Phi) is 4.14. The molecule has 0 aliphatic carbocycles. The van der Waals surface area contributed by atoms with Crippen molar-refractivity contribution in [1.29, 1.82) is 0 Å². The Morgan fingerprint density at radius 3 is 2.90 bits per heavy atom. The molecular formula is C12H10FN3O5. The summed E-state index contributed by atoms with van der Waals surface area (Å²) in [4.78, 5) is 21.4. The van der Waals surface area contributed by atoms with Crippen LogP contribution >= 0.6 is 0 Å². The van der Waals surface area contributed by atoms with Crippen molar-refractivity contribution in [2.45, 2.75) is 6.61 Å². The molecule has 0 unspecified atom stereocenters. The topological polar surface area (TPSA) is 121 Å². The lowest BCUT2D eigenvalue weighted by atomic mass is 10.2. The van der Waals surface area contributed by atoms with Crippen molar-refractivity contribution in [1.82, 2.24) is 5.43 Å². The normalized spacial score (nSPS) is 10.2. The minimum absolute atomic E-state index is 0.114. The predicted octanol–water partition coefficient (Wildman–Crippen LogP) is 1.51. The highest BCUT2D eigenvalue weighted by molar-refractivity contribution is 5.92. The summed E-state index contributed by atoms with van der Waals surface area (Å²) < 4.78 is 23.6. The Balaban J connectivity index is 2.23. The number of nitrogens with zero attached hydrogens (tertiary/aromatic N) is 1. The molecule has 0 atom stereocenters. The summed E-state index contributed by atoms with van der Waals surface area (Å²) in [6.07, 6.45) is 1.22. The van der Waals surface area contributed by atoms with Crippen LogP contribution in [-0.4, -0.2) is 10.8 Å². The number of nitro groups is 1. The third-order valence-corrected chi connectivity index (χ3v) is 2.60. The van der Waals surface area contributed by atoms with Gasteiger partial charge in [0.1, 0.15) is 6.61 Å². The van der Waals surface area contributed by atoms with E-state index >= 15 is 0 Å². The third kappa shape index (κ3) is 2.98. The molecule has 0 aliphatic rings. The number of para-hydroxylation sites is 1. The molecule has 0 fully saturated rings. The monoisotopic (exact) mass is 295 g/mol. The summed E-state index contributed by atoms with van der Waals surface area (Å²) in [5.41, 5.74) is 1.64. The van der Waals surface area contributed by atoms with E-state index in [4.69, 9.17) is 15.0 Å². The summed E-state index contributed by atoms with van der Waals surface area (Å²) in [7, 11) is 0. The van der Waals surface area contributed by atoms with Crippen molar-refractivity contribution in [2.24, 2.45) is 5.84 Å². The number of benzene rings is 1. The summed E-state index contributed by atoms with van der Waals surface area (Å²) in [5, 5.41) is 10.8. The van der Waals surface area contributed by atoms with Gasteiger partial charge in [0.25, 0.3) is 0 Å². The second kappa shape index (κ2) is 6.01. The summed E-state index contributed by atoms with van der Waals surface area (Å²) in [5.74, 6) is 2.78. The van der Waals surface area contributed by atoms with Crippen LogP contribution < -0.4 is 16.0 Å². The SMILES string of the molecule is NNC(=O)c1occc1COc1c(F)cccc1[N+](=O)[O-]. The maximum atomic E-state index is 13.6. The van der Waals surface area contributed by atoms with Gasteiger partial charge in [-0.05, 0) is 12.1 Å². The van der Waals surface area contributed by atoms with E-state index in [0.717, 1.165) is 12.1 Å². The van der Waals surface area contributed by atoms with Gasteiger partial charge in [-0.1, -0.05) is 6.07 Å². The van der Waals surface area contributed by atoms with Crippen LogP contribution in [0.4, 0.5) is 10.1 Å². The zero-order chi connectivity index (χ0) is 15.4. The van der Waals surface area contributed by atoms with Gasteiger partial charge in [-0.15, -0.1) is 0 Å². The van der Waals surface area contributed by atoms with Crippen LogP contribution in [0, 0.1) is 15.9 Å². The molecule has 9 heteroatoms. The first-order chi connectivity index (χ1) is 10.0. The van der Waals surface area contributed by atoms with Gasteiger partial charge < -0.3 is 9.15 Å². The van der Waals surface area contributed by atoms with Crippen molar-refractivity contribution in [3.8, 4) is 5.75 Å². The fourth-order valence-corrected chi connectivity index (χ4v) is 1.65. The van der Waals surface area contributed by atoms with Crippen molar-refractivity contribution in [3.63, 3.8) is 0 Å². The van der Waals surface area contributed by atoms with E-state index in [0.29, 0.717) is 0 Å². The van der Waals surface area contributed by atoms with E-state index in [1.165, 1.54) is 18.4 Å². The number of furan rings is 1. The molecule has 1 aromatic heterocycles. The van der Waals surface area contributed by atoms with Gasteiger partial charge in [-0.25, -0.2) is 10.2 Å². The Labute approximate surface area is 117 Å². The number of nitrogens with two attached hydrogens (primary N) is 1. The molecule has 2 rings (SSSR count). The largest absolute Gasteiger partial charge is 0.480 e. The number of halogens is 1. The van der Waals surface area contributed by atoms with Crippen LogP contribution in [-0.2, 0) is 6.61 Å². The van der Waals surface area contributed by atoms with Crippen LogP contribution in [0.25, 0.3) is 0 Å². The maximum Gasteiger partial charge on any atom is 0.314 e. The first-order valence-electron chi connectivity index (χ1n) is 5.67. The standard InChI is InChI=1S/C12H10FN3O5/c13-8-2-1-3-9(16(18)19)11(8)21-6-7-4-5-20-10(7)12(17)15-14/h1-5H,6,14H2,(H,15,17). The average molecular weight is 295 g/mol. The number of carbonyl (C=O) groups excluding carboxylic acids is 1. The molecule has 110 valence electrons. The van der Waals surface area contributed by atoms with Crippen LogP contribution in [0.15, 0.2) is 34.9 Å². The molecule has 0 saturated carbocycles. The van der Waals surface area contributed by atoms with E-state index < -0.39 is 28.1 Å². The Hall–Kier alpha value is -2.94. The maximum absolute atomic E-state index is 13.6. The van der Waals surface area contributed by atoms with E-state index in [9.17, 15) is 19.3 Å². The number of ether oxygens (including phenoxy) is 1. The summed E-state index contributed by atoms with van der Waals surface area (Å²) >= 11 is 0. The minimum Gasteiger partial charge on any atom is -0.480 e. The first-order valence-corrected chi connectivity index (χ1v) is 5.67. The first kappa shape index (κ1) is 14.5. The fourth-order valence-electron chi connectivity index (χ4n) is 1.65. The highest BCUT2D eigenvalue weighted by Crippen LogP contribution is 2.30. The molecule has 0 spiro atoms. The number of amides is 1. The number of nitrogen functional groups attached to an aromatic ring is 1. The molecule has 1 aromatic carbocycles. The molecule has 2 aromatic rings. The molecule has 0 saturated heterocycles. The van der Waals surface area contributed by atoms with Gasteiger partial charge in [-0.3, -0.25) is 20.3 Å². The molecule has 0 radical (unpaired) electrons. The van der Waals surface area contributed by atoms with Crippen molar-refractivity contribution >= 4 is 11.6 Å². The van der Waals surface area contributed by atoms with Gasteiger partial charge >= 0.3 is 11.6 Å². The van der Waals surface area contributed by atoms with Crippen molar-refractivity contribution < 1.29 is 23.3 Å². The lowest BCUT2D eigenvalue weighted by Gasteiger charge is -2.07. The summed E-state index contributed by atoms with van der Waals surface area (Å²) in [6.45, 7) is -0.291. The van der Waals surface area contributed by atoms with Crippen LogP contribution in [0.5, 0.6) is 5.75 Å². The van der Waals surface area contributed by atoms with Crippen LogP contribution in [0.2, 0.25) is 0 Å². The minimum atomic E-state index is -0.877. The number of carbonyl (C=O) groups is 1. The molecule has 8 nitrogen and oxygen atoms in total. The number of nitrogens with one attached hydrogen (secondary N) is 1. The average Bonchev–Trinajstić information content (AvgIpc) is 2.93. The number of hydrogen-bond donors (Lipinski definition) is 2. The zero-order valence-corrected chi connectivity index (χ0v) is 10.5. The quantitative estimate of drug-likeness (QED) is 0.373. The number of rotatable bonds is 5. The molecule has 1 heterocycles. The van der Waals surface area contributed by atoms with E-state index in [2.05, 4.69) is 0 Å². The second-order valence-electron chi connectivity index (χ2n) is 3.88. The van der Waals surface area contributed by atoms with Gasteiger partial charge in [0, 0.05) is 11.6 Å². The zero-order valence-electron chi connectivity index (χ0n) is 10.5. The van der Waals surface area contributed by atoms with Crippen LogP contribution in [0.3, 0.4) is 0 Å². The Morgan fingerprint density at radius 2 is 2.24 bits per heavy atom. The molecule has 0 aliphatic heterocycles. The Bertz CT molecular complexity index is 685. The second-order valence-corrected chi connectivity index (χ2v) is 3.88. The van der Waals surface area contributed by atoms with Gasteiger partial charge in [0.15, 0.2) is 11.6 Å². The van der Waals surface area contributed by atoms with Gasteiger partial charge in [0.05, 0.1) is 11.2 Å². The smallest absolute Gasteiger partial charge is 0.314 e. The highest BCUT2D eigenvalue weighted by atomic mass is 19.1. The molecule has 21 heavy (non-hydrogen) atoms. The Morgan fingerprint density at radius 1 is 1.48 bits per heavy atom. The predicted molar refractivity (Wildman–Crippen MR) is 67.7 cm³/mol. The fraction of sp³-hybridized carbons (Fsp3) is 0.0833. The lowest BCUT2D eigenvalue weighted by Crippen LogP contribution is -2.30. The van der Waals surface area contributed by atoms with Crippen molar-refractivity contribution in [3.05, 3.63) is 57.8 Å². The molecule has 3 N–H and O–H groups in total. The highest BCUT2D eigenvalue weighted by Gasteiger charge is 2.21. The van der Waals surface area contributed by atoms with E-state index in [1.54, 1.807) is 0 Å². The van der Waals surface area contributed by atoms with Gasteiger partial charge in [0.2, 0.25) is 5.75 Å². The number of hydrogen-bond acceptors (Lipinski definition) is 6. The number of nitro benzene ring substituents is 1. The number of hydrazine groups is 1. The molecule has 0 bridgehead atoms. The lowest BCUT2D eigenvalue weighted by molar-refractivity contribution is -0.386. The van der Waals surface area contributed by atoms with E-state index in [1.807, 2.05) is 5.43 Å². The summed E-state index contributed by atoms with van der Waals surface area (Å²) in [6, 6.07) is 4.76. The third-order valence-electron chi connectivity index (χ3n) is 2.60. The van der Waals surface area contributed by atoms with E-state index in [-0.39, 0.29) is 17.9 Å². The molecule has 1 amide bonds.